The second kappa shape index (κ2) is 8.02. The van der Waals surface area contributed by atoms with Crippen molar-refractivity contribution in [2.24, 2.45) is 0 Å². The first-order chi connectivity index (χ1) is 11.1. The standard InChI is InChI=1S/C18H15ClN2O2/c1-2-23-17-9-4-3-8-16(17)21-18(22)14(12-20)10-13-6-5-7-15(19)11-13/h3-11H,2H2,1H3,(H,21,22)/b14-10+. The van der Waals surface area contributed by atoms with Gasteiger partial charge in [-0.3, -0.25) is 4.79 Å². The Bertz CT molecular complexity index is 779. The van der Waals surface area contributed by atoms with Crippen LogP contribution in [0.5, 0.6) is 5.75 Å². The van der Waals surface area contributed by atoms with Gasteiger partial charge in [0.05, 0.1) is 12.3 Å². The summed E-state index contributed by atoms with van der Waals surface area (Å²) in [6, 6.07) is 15.9. The van der Waals surface area contributed by atoms with Crippen LogP contribution in [0, 0.1) is 11.3 Å². The van der Waals surface area contributed by atoms with E-state index in [9.17, 15) is 10.1 Å². The minimum atomic E-state index is -0.500. The lowest BCUT2D eigenvalue weighted by Gasteiger charge is -2.10. The van der Waals surface area contributed by atoms with Crippen LogP contribution in [0.15, 0.2) is 54.1 Å². The average Bonchev–Trinajstić information content (AvgIpc) is 2.54. The lowest BCUT2D eigenvalue weighted by molar-refractivity contribution is -0.112. The zero-order valence-corrected chi connectivity index (χ0v) is 13.3. The molecule has 0 spiro atoms. The molecule has 0 saturated heterocycles. The molecule has 0 aliphatic heterocycles. The molecule has 0 atom stereocenters. The lowest BCUT2D eigenvalue weighted by atomic mass is 10.1. The summed E-state index contributed by atoms with van der Waals surface area (Å²) in [6.45, 7) is 2.34. The van der Waals surface area contributed by atoms with E-state index in [1.54, 1.807) is 42.5 Å². The van der Waals surface area contributed by atoms with E-state index in [2.05, 4.69) is 5.32 Å². The number of ether oxygens (including phenoxy) is 1. The van der Waals surface area contributed by atoms with Gasteiger partial charge in [-0.1, -0.05) is 35.9 Å². The third-order valence-corrected chi connectivity index (χ3v) is 3.19. The predicted molar refractivity (Wildman–Crippen MR) is 91.3 cm³/mol. The Morgan fingerprint density at radius 1 is 1.30 bits per heavy atom. The van der Waals surface area contributed by atoms with Crippen molar-refractivity contribution < 1.29 is 9.53 Å². The van der Waals surface area contributed by atoms with Crippen LogP contribution < -0.4 is 10.1 Å². The highest BCUT2D eigenvalue weighted by Crippen LogP contribution is 2.24. The Morgan fingerprint density at radius 2 is 2.09 bits per heavy atom. The largest absolute Gasteiger partial charge is 0.492 e. The van der Waals surface area contributed by atoms with Gasteiger partial charge < -0.3 is 10.1 Å². The van der Waals surface area contributed by atoms with E-state index >= 15 is 0 Å². The molecule has 1 amide bonds. The number of nitriles is 1. The summed E-state index contributed by atoms with van der Waals surface area (Å²) in [5.41, 5.74) is 1.19. The maximum Gasteiger partial charge on any atom is 0.266 e. The molecule has 2 aromatic rings. The summed E-state index contributed by atoms with van der Waals surface area (Å²) < 4.78 is 5.45. The van der Waals surface area contributed by atoms with Gasteiger partial charge in [0.2, 0.25) is 0 Å². The molecular formula is C18H15ClN2O2. The van der Waals surface area contributed by atoms with E-state index in [0.717, 1.165) is 0 Å². The number of hydrogen-bond donors (Lipinski definition) is 1. The topological polar surface area (TPSA) is 62.1 Å². The first-order valence-electron chi connectivity index (χ1n) is 7.04. The molecule has 4 nitrogen and oxygen atoms in total. The molecule has 0 saturated carbocycles. The Hall–Kier alpha value is -2.77. The fourth-order valence-electron chi connectivity index (χ4n) is 1.95. The number of carbonyl (C=O) groups is 1. The van der Waals surface area contributed by atoms with Crippen LogP contribution in [0.3, 0.4) is 0 Å². The van der Waals surface area contributed by atoms with Gasteiger partial charge >= 0.3 is 0 Å². The van der Waals surface area contributed by atoms with Crippen molar-refractivity contribution in [1.29, 1.82) is 5.26 Å². The van der Waals surface area contributed by atoms with Gasteiger partial charge in [-0.15, -0.1) is 0 Å². The fourth-order valence-corrected chi connectivity index (χ4v) is 2.15. The highest BCUT2D eigenvalue weighted by molar-refractivity contribution is 6.30. The molecule has 116 valence electrons. The highest BCUT2D eigenvalue weighted by Gasteiger charge is 2.12. The number of amides is 1. The first kappa shape index (κ1) is 16.6. The highest BCUT2D eigenvalue weighted by atomic mass is 35.5. The van der Waals surface area contributed by atoms with Crippen LogP contribution in [0.1, 0.15) is 12.5 Å². The normalized spacial score (nSPS) is 10.7. The van der Waals surface area contributed by atoms with Crippen LogP contribution in [-0.2, 0) is 4.79 Å². The van der Waals surface area contributed by atoms with Crippen molar-refractivity contribution in [2.45, 2.75) is 6.92 Å². The smallest absolute Gasteiger partial charge is 0.266 e. The van der Waals surface area contributed by atoms with Crippen molar-refractivity contribution in [2.75, 3.05) is 11.9 Å². The molecule has 0 aliphatic rings. The van der Waals surface area contributed by atoms with Gasteiger partial charge in [-0.25, -0.2) is 0 Å². The average molecular weight is 327 g/mol. The van der Waals surface area contributed by atoms with Crippen molar-refractivity contribution in [3.05, 3.63) is 64.7 Å². The molecule has 2 aromatic carbocycles. The molecule has 2 rings (SSSR count). The Balaban J connectivity index is 2.23. The van der Waals surface area contributed by atoms with Crippen molar-refractivity contribution in [3.63, 3.8) is 0 Å². The number of hydrogen-bond acceptors (Lipinski definition) is 3. The molecule has 1 N–H and O–H groups in total. The van der Waals surface area contributed by atoms with Gasteiger partial charge in [0, 0.05) is 5.02 Å². The quantitative estimate of drug-likeness (QED) is 0.658. The van der Waals surface area contributed by atoms with Gasteiger partial charge in [0.1, 0.15) is 17.4 Å². The van der Waals surface area contributed by atoms with Gasteiger partial charge in [0.15, 0.2) is 0 Å². The molecule has 0 heterocycles. The van der Waals surface area contributed by atoms with E-state index in [4.69, 9.17) is 16.3 Å². The predicted octanol–water partition coefficient (Wildman–Crippen LogP) is 4.28. The van der Waals surface area contributed by atoms with E-state index < -0.39 is 5.91 Å². The molecular weight excluding hydrogens is 312 g/mol. The molecule has 0 aliphatic carbocycles. The van der Waals surface area contributed by atoms with E-state index in [0.29, 0.717) is 28.6 Å². The maximum absolute atomic E-state index is 12.3. The van der Waals surface area contributed by atoms with Crippen LogP contribution in [0.25, 0.3) is 6.08 Å². The number of para-hydroxylation sites is 2. The number of carbonyl (C=O) groups excluding carboxylic acids is 1. The number of anilines is 1. The number of nitrogens with one attached hydrogen (secondary N) is 1. The Labute approximate surface area is 140 Å². The maximum atomic E-state index is 12.3. The van der Waals surface area contributed by atoms with E-state index in [1.807, 2.05) is 19.1 Å². The number of halogens is 1. The third kappa shape index (κ3) is 4.60. The zero-order chi connectivity index (χ0) is 16.7. The van der Waals surface area contributed by atoms with E-state index in [-0.39, 0.29) is 5.57 Å². The number of rotatable bonds is 5. The SMILES string of the molecule is CCOc1ccccc1NC(=O)/C(C#N)=C/c1cccc(Cl)c1. The Morgan fingerprint density at radius 3 is 2.78 bits per heavy atom. The summed E-state index contributed by atoms with van der Waals surface area (Å²) in [5, 5.41) is 12.5. The molecule has 0 unspecified atom stereocenters. The molecule has 0 radical (unpaired) electrons. The van der Waals surface area contributed by atoms with Crippen LogP contribution in [0.4, 0.5) is 5.69 Å². The monoisotopic (exact) mass is 326 g/mol. The molecule has 0 bridgehead atoms. The Kier molecular flexibility index (Phi) is 5.79. The number of nitrogens with zero attached hydrogens (tertiary/aromatic N) is 1. The molecule has 0 fully saturated rings. The lowest BCUT2D eigenvalue weighted by Crippen LogP contribution is -2.14. The summed E-state index contributed by atoms with van der Waals surface area (Å²) in [6.07, 6.45) is 1.49. The van der Waals surface area contributed by atoms with Crippen LogP contribution in [-0.4, -0.2) is 12.5 Å². The minimum absolute atomic E-state index is 0.0152. The van der Waals surface area contributed by atoms with Gasteiger partial charge in [-0.05, 0) is 42.8 Å². The number of benzene rings is 2. The summed E-state index contributed by atoms with van der Waals surface area (Å²) in [5.74, 6) is 0.0584. The van der Waals surface area contributed by atoms with Crippen molar-refractivity contribution >= 4 is 29.3 Å². The summed E-state index contributed by atoms with van der Waals surface area (Å²) in [7, 11) is 0. The molecule has 0 aromatic heterocycles. The van der Waals surface area contributed by atoms with Crippen LogP contribution >= 0.6 is 11.6 Å². The van der Waals surface area contributed by atoms with Crippen molar-refractivity contribution in [3.8, 4) is 11.8 Å². The second-order valence-electron chi connectivity index (χ2n) is 4.61. The summed E-state index contributed by atoms with van der Waals surface area (Å²) in [4.78, 5) is 12.3. The van der Waals surface area contributed by atoms with Crippen LogP contribution in [0.2, 0.25) is 5.02 Å². The molecule has 5 heteroatoms. The van der Waals surface area contributed by atoms with Crippen molar-refractivity contribution in [1.82, 2.24) is 0 Å². The fraction of sp³-hybridized carbons (Fsp3) is 0.111. The third-order valence-electron chi connectivity index (χ3n) is 2.96. The summed E-state index contributed by atoms with van der Waals surface area (Å²) >= 11 is 5.91. The van der Waals surface area contributed by atoms with Gasteiger partial charge in [0.25, 0.3) is 5.91 Å². The zero-order valence-electron chi connectivity index (χ0n) is 12.5. The first-order valence-corrected chi connectivity index (χ1v) is 7.42. The second-order valence-corrected chi connectivity index (χ2v) is 5.04. The molecule has 23 heavy (non-hydrogen) atoms. The van der Waals surface area contributed by atoms with E-state index in [1.165, 1.54) is 6.08 Å². The van der Waals surface area contributed by atoms with Gasteiger partial charge in [-0.2, -0.15) is 5.26 Å². The minimum Gasteiger partial charge on any atom is -0.492 e.